The van der Waals surface area contributed by atoms with E-state index in [-0.39, 0.29) is 23.1 Å². The molecule has 0 N–H and O–H groups in total. The molecule has 0 spiro atoms. The molecule has 0 aliphatic heterocycles. The van der Waals surface area contributed by atoms with Gasteiger partial charge in [-0.1, -0.05) is 336 Å². The summed E-state index contributed by atoms with van der Waals surface area (Å²) in [6.07, 6.45) is 31.6. The fourth-order valence-corrected chi connectivity index (χ4v) is 43.2. The van der Waals surface area contributed by atoms with Crippen LogP contribution in [0.4, 0.5) is 0 Å². The largest absolute Gasteiger partial charge is 0.293 e. The van der Waals surface area contributed by atoms with Gasteiger partial charge in [-0.2, -0.15) is 0 Å². The summed E-state index contributed by atoms with van der Waals surface area (Å²) < 4.78 is 0. The second kappa shape index (κ2) is 33.1. The third-order valence-corrected chi connectivity index (χ3v) is 53.5. The molecule has 0 bridgehead atoms. The summed E-state index contributed by atoms with van der Waals surface area (Å²) >= 11 is 0. The third-order valence-electron chi connectivity index (χ3n) is 28.3. The number of hydrogen-bond donors (Lipinski definition) is 0. The van der Waals surface area contributed by atoms with Gasteiger partial charge in [0.1, 0.15) is 32.3 Å². The van der Waals surface area contributed by atoms with Crippen LogP contribution >= 0.6 is 0 Å². The number of rotatable bonds is 12. The van der Waals surface area contributed by atoms with Crippen LogP contribution in [0.15, 0.2) is 146 Å². The van der Waals surface area contributed by atoms with Crippen LogP contribution in [0.5, 0.6) is 0 Å². The number of carbonyl (C=O) groups excluding carboxylic acids is 4. The minimum atomic E-state index is -2.10. The van der Waals surface area contributed by atoms with Crippen molar-refractivity contribution in [3.05, 3.63) is 235 Å². The quantitative estimate of drug-likeness (QED) is 0.0694. The van der Waals surface area contributed by atoms with E-state index in [0.29, 0.717) is 88.7 Å². The van der Waals surface area contributed by atoms with Gasteiger partial charge in [-0.25, -0.2) is 0 Å². The van der Waals surface area contributed by atoms with Gasteiger partial charge in [0.05, 0.1) is 23.7 Å². The third kappa shape index (κ3) is 14.4. The molecule has 8 heteroatoms. The normalized spacial score (nSPS) is 18.5. The summed E-state index contributed by atoms with van der Waals surface area (Å²) in [6, 6.07) is 35.1. The topological polar surface area (TPSA) is 68.3 Å². The van der Waals surface area contributed by atoms with Crippen molar-refractivity contribution < 1.29 is 19.2 Å². The van der Waals surface area contributed by atoms with Crippen LogP contribution in [-0.4, -0.2) is 55.4 Å². The van der Waals surface area contributed by atoms with Crippen LogP contribution < -0.4 is 0 Å². The van der Waals surface area contributed by atoms with Crippen LogP contribution in [0, 0.1) is 69.5 Å². The minimum Gasteiger partial charge on any atom is -0.293 e. The molecule has 0 fully saturated rings. The lowest BCUT2D eigenvalue weighted by Crippen LogP contribution is -2.43. The van der Waals surface area contributed by atoms with Crippen molar-refractivity contribution in [1.82, 2.24) is 0 Å². The molecule has 592 valence electrons. The summed E-state index contributed by atoms with van der Waals surface area (Å²) in [4.78, 5) is 52.9. The van der Waals surface area contributed by atoms with Crippen LogP contribution in [-0.2, 0) is 0 Å². The molecule has 6 aliphatic carbocycles. The molecule has 6 aliphatic rings. The van der Waals surface area contributed by atoms with E-state index in [1.165, 1.54) is 65.3 Å². The highest BCUT2D eigenvalue weighted by Crippen LogP contribution is 2.49. The van der Waals surface area contributed by atoms with E-state index < -0.39 is 56.0 Å². The summed E-state index contributed by atoms with van der Waals surface area (Å²) in [5.74, 6) is 14.3. The molecular formula is C108H120O4Si4. The number of hydrogen-bond acceptors (Lipinski definition) is 4. The molecule has 0 heterocycles. The molecule has 8 aromatic rings. The Hall–Kier alpha value is -9.49. The molecule has 0 amide bonds. The molecule has 2 unspecified atom stereocenters. The molecule has 0 saturated heterocycles. The van der Waals surface area contributed by atoms with E-state index in [1.807, 2.05) is 48.6 Å². The van der Waals surface area contributed by atoms with Gasteiger partial charge in [0.25, 0.3) is 0 Å². The first kappa shape index (κ1) is 84.4. The second-order valence-electron chi connectivity index (χ2n) is 37.7. The zero-order valence-electron chi connectivity index (χ0n) is 73.3. The van der Waals surface area contributed by atoms with Crippen molar-refractivity contribution in [2.24, 2.45) is 23.7 Å². The zero-order valence-corrected chi connectivity index (χ0v) is 77.3. The van der Waals surface area contributed by atoms with E-state index in [0.717, 1.165) is 44.5 Å². The molecule has 0 saturated carbocycles. The Balaban J connectivity index is 0.000000266. The average molecular weight is 1590 g/mol. The maximum absolute atomic E-state index is 13.2. The Morgan fingerprint density at radius 1 is 0.224 bits per heavy atom. The first-order valence-corrected chi connectivity index (χ1v) is 52.1. The van der Waals surface area contributed by atoms with Crippen molar-refractivity contribution in [2.45, 2.75) is 233 Å². The van der Waals surface area contributed by atoms with Crippen LogP contribution in [0.3, 0.4) is 0 Å². The van der Waals surface area contributed by atoms with E-state index in [1.54, 1.807) is 48.6 Å². The second-order valence-corrected chi connectivity index (χ2v) is 60.0. The number of Topliss-reactive ketones (excluding diaryl/α,β-unsaturated/α-hetero) is 4. The Morgan fingerprint density at radius 2 is 0.379 bits per heavy atom. The SMILES string of the molecule is CC(C)[Si](C#Cc1c2ccccc2c(C#C[Si](C(C)C)(C(C)C)C(C)C)c2cc3c(cc12)/C=C\c1cc2c(C#C[Si](C(C)C)(C(C)C)C(C)C)c4ccccc4c(C#C[Si](C(C)C)(C(C)C)C(C)C)c2cc1/C=C/3)(C(C)C)C(C)C.O=C1c2cc3c(cc2C(=O)C2C=CC=CC12)/C=C/c1cc2c(cc1/C=C\3)C(=O)[C@@H]1C=CC=C[C@@H]1C2=O. The van der Waals surface area contributed by atoms with E-state index in [2.05, 4.69) is 309 Å². The molecular weight excluding hydrogens is 1470 g/mol. The Bertz CT molecular complexity index is 5120. The lowest BCUT2D eigenvalue weighted by Gasteiger charge is -2.38. The molecule has 4 atom stereocenters. The molecule has 0 aromatic heterocycles. The molecule has 8 aromatic carbocycles. The monoisotopic (exact) mass is 1590 g/mol. The maximum Gasteiger partial charge on any atom is 0.171 e. The number of carbonyl (C=O) groups is 4. The maximum atomic E-state index is 13.2. The molecule has 116 heavy (non-hydrogen) atoms. The van der Waals surface area contributed by atoms with Gasteiger partial charge in [-0.3, -0.25) is 19.2 Å². The highest BCUT2D eigenvalue weighted by molar-refractivity contribution is 6.92. The number of benzene rings is 8. The highest BCUT2D eigenvalue weighted by Gasteiger charge is 2.47. The van der Waals surface area contributed by atoms with Crippen molar-refractivity contribution in [3.63, 3.8) is 0 Å². The fourth-order valence-electron chi connectivity index (χ4n) is 22.4. The van der Waals surface area contributed by atoms with Gasteiger partial charge in [-0.05, 0) is 203 Å². The van der Waals surface area contributed by atoms with Gasteiger partial charge in [0, 0.05) is 44.5 Å². The Morgan fingerprint density at radius 3 is 0.534 bits per heavy atom. The number of fused-ring (bicyclic) bond motifs is 12. The Kier molecular flexibility index (Phi) is 24.1. The zero-order chi connectivity index (χ0) is 83.7. The van der Waals surface area contributed by atoms with E-state index >= 15 is 0 Å². The first-order chi connectivity index (χ1) is 55.1. The summed E-state index contributed by atoms with van der Waals surface area (Å²) in [7, 11) is -8.38. The smallest absolute Gasteiger partial charge is 0.171 e. The van der Waals surface area contributed by atoms with E-state index in [4.69, 9.17) is 0 Å². The van der Waals surface area contributed by atoms with Crippen molar-refractivity contribution in [3.8, 4) is 45.9 Å². The van der Waals surface area contributed by atoms with Crippen molar-refractivity contribution in [2.75, 3.05) is 0 Å². The first-order valence-electron chi connectivity index (χ1n) is 43.2. The van der Waals surface area contributed by atoms with Crippen LogP contribution in [0.25, 0.3) is 91.7 Å². The standard InChI is InChI=1S/C76H100Si4.C32H20O4/c1-49(2)77(50(3)4,51(5)6)41-37-69-65-29-25-26-30-66(65)70(38-42-78(52(7)8,53(9)10)54(11)12)74-46-62-35-36-64-48-76-72(40-44-80(58(19)20,59(21)22)60(23)24)68-32-28-27-31-67(68)71(39-43-79(55(13)14,56(15)16)57(17)18)75(76)47-63(64)34-33-61(62)45-73(69)74;33-29-21-5-1-2-6-22(21)30(34)26-14-18-11-12-20-16-28-27(15-19(20)10-9-17(18)13-25(26)29)31(35)23-7-3-4-8-24(23)32(28)36/h25-36,45-60H,1-24H3;1-16,21-24H/b34-33-,36-35+,61-33?,62-35?,63-34?,64-36?;10-9-,12-11+,17-9?,18-11?,19-10?,20-12?/t;21-,22+,23?,24?/m.1/s1. The number of ketones is 4. The molecule has 4 nitrogen and oxygen atoms in total. The van der Waals surface area contributed by atoms with Crippen molar-refractivity contribution in [1.29, 1.82) is 0 Å². The van der Waals surface area contributed by atoms with Gasteiger partial charge < -0.3 is 0 Å². The van der Waals surface area contributed by atoms with Gasteiger partial charge in [0.15, 0.2) is 23.1 Å². The molecule has 14 rings (SSSR count). The Labute approximate surface area is 698 Å². The van der Waals surface area contributed by atoms with Gasteiger partial charge >= 0.3 is 0 Å². The predicted molar refractivity (Wildman–Crippen MR) is 511 cm³/mol. The van der Waals surface area contributed by atoms with Gasteiger partial charge in [0.2, 0.25) is 0 Å². The summed E-state index contributed by atoms with van der Waals surface area (Å²) in [5.41, 5.74) is 37.5. The average Bonchev–Trinajstić information content (AvgIpc) is 0.727. The van der Waals surface area contributed by atoms with Crippen molar-refractivity contribution >= 4 is 147 Å². The minimum absolute atomic E-state index is 0.0415. The van der Waals surface area contributed by atoms with Gasteiger partial charge in [-0.15, -0.1) is 22.2 Å². The number of allylic oxidation sites excluding steroid dienone is 8. The lowest BCUT2D eigenvalue weighted by molar-refractivity contribution is 0.0801. The van der Waals surface area contributed by atoms with Crippen LogP contribution in [0.1, 0.15) is 274 Å². The van der Waals surface area contributed by atoms with Crippen LogP contribution in [0.2, 0.25) is 66.5 Å². The predicted octanol–water partition coefficient (Wildman–Crippen LogP) is 29.0. The fraction of sp³-hybridized carbons (Fsp3) is 0.370. The highest BCUT2D eigenvalue weighted by atomic mass is 28.3. The lowest BCUT2D eigenvalue weighted by atomic mass is 9.71. The molecule has 0 radical (unpaired) electrons. The summed E-state index contributed by atoms with van der Waals surface area (Å²) in [5, 5.41) is 9.63. The van der Waals surface area contributed by atoms with E-state index in [9.17, 15) is 19.2 Å². The summed E-state index contributed by atoms with van der Waals surface area (Å²) in [6.45, 7) is 58.2.